The van der Waals surface area contributed by atoms with Gasteiger partial charge in [-0.15, -0.1) is 0 Å². The van der Waals surface area contributed by atoms with Gasteiger partial charge in [0.2, 0.25) is 21.9 Å². The molecule has 204 valence electrons. The summed E-state index contributed by atoms with van der Waals surface area (Å²) < 4.78 is 40.5. The molecule has 0 aliphatic rings. The number of methoxy groups -OCH3 is 2. The van der Waals surface area contributed by atoms with Crippen molar-refractivity contribution in [3.05, 3.63) is 84.6 Å². The summed E-state index contributed by atoms with van der Waals surface area (Å²) >= 11 is 0. The minimum atomic E-state index is -3.91. The van der Waals surface area contributed by atoms with E-state index in [-0.39, 0.29) is 17.4 Å². The Balaban J connectivity index is 1.68. The molecule has 3 aromatic carbocycles. The van der Waals surface area contributed by atoms with Gasteiger partial charge in [-0.05, 0) is 45.0 Å². The topological polar surface area (TPSA) is 103 Å². The van der Waals surface area contributed by atoms with Crippen LogP contribution in [0.4, 0.5) is 5.95 Å². The van der Waals surface area contributed by atoms with Crippen LogP contribution < -0.4 is 14.8 Å². The first-order chi connectivity index (χ1) is 18.6. The first kappa shape index (κ1) is 27.9. The molecular weight excluding hydrogens is 516 g/mol. The van der Waals surface area contributed by atoms with Gasteiger partial charge in [0.1, 0.15) is 0 Å². The molecule has 0 saturated heterocycles. The number of aromatic nitrogens is 2. The molecule has 0 fully saturated rings. The zero-order valence-corrected chi connectivity index (χ0v) is 23.4. The third kappa shape index (κ3) is 6.13. The van der Waals surface area contributed by atoms with Gasteiger partial charge in [0.15, 0.2) is 11.5 Å². The third-order valence-corrected chi connectivity index (χ3v) is 8.21. The maximum Gasteiger partial charge on any atom is 0.243 e. The minimum absolute atomic E-state index is 0.132. The van der Waals surface area contributed by atoms with E-state index in [0.717, 1.165) is 11.1 Å². The van der Waals surface area contributed by atoms with Crippen molar-refractivity contribution in [2.45, 2.75) is 31.7 Å². The van der Waals surface area contributed by atoms with Crippen LogP contribution in [0, 0.1) is 6.92 Å². The summed E-state index contributed by atoms with van der Waals surface area (Å²) in [5.41, 5.74) is 3.11. The van der Waals surface area contributed by atoms with Crippen molar-refractivity contribution in [3.63, 3.8) is 0 Å². The summed E-state index contributed by atoms with van der Waals surface area (Å²) in [5, 5.41) is 2.82. The largest absolute Gasteiger partial charge is 0.493 e. The maximum absolute atomic E-state index is 13.4. The predicted octanol–water partition coefficient (Wildman–Crippen LogP) is 4.90. The van der Waals surface area contributed by atoms with E-state index in [0.29, 0.717) is 22.9 Å². The quantitative estimate of drug-likeness (QED) is 0.302. The normalized spacial score (nSPS) is 11.6. The number of carbonyl (C=O) groups is 1. The number of nitrogens with one attached hydrogen (secondary N) is 1. The fourth-order valence-corrected chi connectivity index (χ4v) is 5.68. The lowest BCUT2D eigenvalue weighted by Gasteiger charge is -2.25. The van der Waals surface area contributed by atoms with Crippen LogP contribution in [0.3, 0.4) is 0 Å². The molecule has 10 heteroatoms. The van der Waals surface area contributed by atoms with Crippen LogP contribution in [0.5, 0.6) is 11.5 Å². The number of amides is 1. The van der Waals surface area contributed by atoms with Crippen LogP contribution >= 0.6 is 0 Å². The molecule has 0 aliphatic heterocycles. The number of ether oxygens (including phenoxy) is 2. The number of hydrogen-bond acceptors (Lipinski definition) is 6. The number of aryl methyl sites for hydroxylation is 1. The Morgan fingerprint density at radius 1 is 0.974 bits per heavy atom. The van der Waals surface area contributed by atoms with Crippen molar-refractivity contribution in [2.75, 3.05) is 26.1 Å². The van der Waals surface area contributed by atoms with Gasteiger partial charge in [-0.25, -0.2) is 13.4 Å². The summed E-state index contributed by atoms with van der Waals surface area (Å²) in [6, 6.07) is 21.0. The summed E-state index contributed by atoms with van der Waals surface area (Å²) in [7, 11) is -0.807. The van der Waals surface area contributed by atoms with Crippen LogP contribution in [-0.4, -0.2) is 55.0 Å². The lowest BCUT2D eigenvalue weighted by Crippen LogP contribution is -2.42. The monoisotopic (exact) mass is 548 g/mol. The molecule has 39 heavy (non-hydrogen) atoms. The Hall–Kier alpha value is -4.15. The van der Waals surface area contributed by atoms with Gasteiger partial charge in [-0.2, -0.15) is 4.31 Å². The van der Waals surface area contributed by atoms with E-state index in [1.165, 1.54) is 4.31 Å². The van der Waals surface area contributed by atoms with Crippen LogP contribution in [0.2, 0.25) is 0 Å². The first-order valence-electron chi connectivity index (χ1n) is 12.4. The molecule has 0 aliphatic carbocycles. The SMILES string of the molecule is COc1ccc(-n2cc(-c3ccccc3)nc2NC(=O)CN(C(C)C)S(=O)(=O)c2ccc(C)cc2)cc1OC. The van der Waals surface area contributed by atoms with Gasteiger partial charge in [0, 0.05) is 23.9 Å². The van der Waals surface area contributed by atoms with Crippen molar-refractivity contribution >= 4 is 21.9 Å². The molecular formula is C29H32N4O5S. The van der Waals surface area contributed by atoms with E-state index in [1.54, 1.807) is 75.2 Å². The van der Waals surface area contributed by atoms with Crippen molar-refractivity contribution < 1.29 is 22.7 Å². The van der Waals surface area contributed by atoms with Crippen LogP contribution in [0.15, 0.2) is 83.9 Å². The van der Waals surface area contributed by atoms with Gasteiger partial charge in [-0.3, -0.25) is 14.7 Å². The van der Waals surface area contributed by atoms with E-state index in [1.807, 2.05) is 43.3 Å². The second-order valence-electron chi connectivity index (χ2n) is 9.23. The molecule has 4 rings (SSSR count). The highest BCUT2D eigenvalue weighted by molar-refractivity contribution is 7.89. The molecule has 0 spiro atoms. The predicted molar refractivity (Wildman–Crippen MR) is 151 cm³/mol. The number of benzene rings is 3. The highest BCUT2D eigenvalue weighted by atomic mass is 32.2. The summed E-state index contributed by atoms with van der Waals surface area (Å²) in [6.45, 7) is 4.97. The van der Waals surface area contributed by atoms with Gasteiger partial charge in [-0.1, -0.05) is 48.0 Å². The minimum Gasteiger partial charge on any atom is -0.493 e. The van der Waals surface area contributed by atoms with Gasteiger partial charge in [0.25, 0.3) is 0 Å². The lowest BCUT2D eigenvalue weighted by molar-refractivity contribution is -0.116. The van der Waals surface area contributed by atoms with Crippen molar-refractivity contribution in [3.8, 4) is 28.4 Å². The van der Waals surface area contributed by atoms with Crippen LogP contribution in [0.1, 0.15) is 19.4 Å². The van der Waals surface area contributed by atoms with Gasteiger partial charge >= 0.3 is 0 Å². The number of sulfonamides is 1. The maximum atomic E-state index is 13.4. The number of rotatable bonds is 10. The summed E-state index contributed by atoms with van der Waals surface area (Å²) in [4.78, 5) is 18.1. The number of anilines is 1. The fraction of sp³-hybridized carbons (Fsp3) is 0.241. The standard InChI is InChI=1S/C29H32N4O5S/c1-20(2)33(39(35,36)24-14-11-21(3)12-15-24)19-28(34)31-29-30-25(22-9-7-6-8-10-22)18-32(29)23-13-16-26(37-4)27(17-23)38-5/h6-18,20H,19H2,1-5H3,(H,30,31,34). The summed E-state index contributed by atoms with van der Waals surface area (Å²) in [6.07, 6.45) is 1.80. The Bertz CT molecular complexity index is 1550. The average Bonchev–Trinajstić information content (AvgIpc) is 3.35. The zero-order chi connectivity index (χ0) is 28.2. The Morgan fingerprint density at radius 3 is 2.26 bits per heavy atom. The highest BCUT2D eigenvalue weighted by Crippen LogP contribution is 2.32. The first-order valence-corrected chi connectivity index (χ1v) is 13.8. The molecule has 1 heterocycles. The molecule has 0 atom stereocenters. The van der Waals surface area contributed by atoms with E-state index in [4.69, 9.17) is 9.47 Å². The highest BCUT2D eigenvalue weighted by Gasteiger charge is 2.29. The van der Waals surface area contributed by atoms with Crippen LogP contribution in [0.25, 0.3) is 16.9 Å². The number of hydrogen-bond donors (Lipinski definition) is 1. The van der Waals surface area contributed by atoms with Gasteiger partial charge < -0.3 is 9.47 Å². The number of imidazole rings is 1. The zero-order valence-electron chi connectivity index (χ0n) is 22.6. The van der Waals surface area contributed by atoms with Crippen LogP contribution in [-0.2, 0) is 14.8 Å². The fourth-order valence-electron chi connectivity index (χ4n) is 4.08. The molecule has 0 radical (unpaired) electrons. The number of nitrogens with zero attached hydrogens (tertiary/aromatic N) is 3. The third-order valence-electron chi connectivity index (χ3n) is 6.17. The Morgan fingerprint density at radius 2 is 1.64 bits per heavy atom. The lowest BCUT2D eigenvalue weighted by atomic mass is 10.2. The molecule has 0 unspecified atom stereocenters. The van der Waals surface area contributed by atoms with Crippen molar-refractivity contribution in [1.29, 1.82) is 0 Å². The Kier molecular flexibility index (Phi) is 8.37. The molecule has 9 nitrogen and oxygen atoms in total. The average molecular weight is 549 g/mol. The molecule has 0 bridgehead atoms. The van der Waals surface area contributed by atoms with Gasteiger partial charge in [0.05, 0.1) is 37.0 Å². The second-order valence-corrected chi connectivity index (χ2v) is 11.1. The van der Waals surface area contributed by atoms with E-state index >= 15 is 0 Å². The van der Waals surface area contributed by atoms with E-state index in [2.05, 4.69) is 10.3 Å². The Labute approximate surface area is 229 Å². The van der Waals surface area contributed by atoms with E-state index in [9.17, 15) is 13.2 Å². The molecule has 1 amide bonds. The molecule has 1 N–H and O–H groups in total. The second kappa shape index (κ2) is 11.7. The van der Waals surface area contributed by atoms with E-state index < -0.39 is 22.0 Å². The summed E-state index contributed by atoms with van der Waals surface area (Å²) in [5.74, 6) is 0.787. The molecule has 1 aromatic heterocycles. The van der Waals surface area contributed by atoms with Crippen molar-refractivity contribution in [1.82, 2.24) is 13.9 Å². The van der Waals surface area contributed by atoms with Crippen molar-refractivity contribution in [2.24, 2.45) is 0 Å². The smallest absolute Gasteiger partial charge is 0.243 e. The number of carbonyl (C=O) groups excluding carboxylic acids is 1. The molecule has 4 aromatic rings. The molecule has 0 saturated carbocycles.